The Labute approximate surface area is 194 Å². The number of halogens is 1. The zero-order valence-electron chi connectivity index (χ0n) is 18.9. The predicted molar refractivity (Wildman–Crippen MR) is 124 cm³/mol. The number of nitrogens with one attached hydrogen (secondary N) is 2. The molecule has 2 N–H and O–H groups in total. The van der Waals surface area contributed by atoms with E-state index in [0.29, 0.717) is 37.2 Å². The van der Waals surface area contributed by atoms with Crippen LogP contribution in [0.4, 0.5) is 4.39 Å². The van der Waals surface area contributed by atoms with Crippen LogP contribution in [0.1, 0.15) is 48.2 Å². The minimum absolute atomic E-state index is 0.0994. The molecule has 33 heavy (non-hydrogen) atoms. The number of hydrogen-bond acceptors (Lipinski definition) is 4. The molecule has 0 bridgehead atoms. The molecule has 0 saturated carbocycles. The van der Waals surface area contributed by atoms with Crippen LogP contribution in [-0.2, 0) is 27.1 Å². The highest BCUT2D eigenvalue weighted by atomic mass is 32.2. The molecular weight excluding hydrogens is 445 g/mol. The number of hydrogen-bond donors (Lipinski definition) is 2. The zero-order chi connectivity index (χ0) is 24.0. The maximum atomic E-state index is 13.1. The Morgan fingerprint density at radius 2 is 1.70 bits per heavy atom. The van der Waals surface area contributed by atoms with Crippen molar-refractivity contribution in [1.29, 1.82) is 0 Å². The summed E-state index contributed by atoms with van der Waals surface area (Å²) >= 11 is 0. The van der Waals surface area contributed by atoms with Crippen LogP contribution in [0.15, 0.2) is 48.5 Å². The van der Waals surface area contributed by atoms with Crippen molar-refractivity contribution in [1.82, 2.24) is 14.9 Å². The van der Waals surface area contributed by atoms with E-state index in [1.807, 2.05) is 0 Å². The van der Waals surface area contributed by atoms with Crippen molar-refractivity contribution in [3.63, 3.8) is 0 Å². The van der Waals surface area contributed by atoms with E-state index < -0.39 is 15.8 Å². The third kappa shape index (κ3) is 7.36. The first-order chi connectivity index (χ1) is 15.6. The summed E-state index contributed by atoms with van der Waals surface area (Å²) in [6.07, 6.45) is 1.41. The summed E-state index contributed by atoms with van der Waals surface area (Å²) in [6.45, 7) is 4.75. The molecule has 0 aliphatic carbocycles. The quantitative estimate of drug-likeness (QED) is 0.614. The van der Waals surface area contributed by atoms with Gasteiger partial charge in [-0.1, -0.05) is 24.3 Å². The number of amides is 2. The summed E-state index contributed by atoms with van der Waals surface area (Å²) in [7, 11) is -3.39. The molecule has 0 radical (unpaired) electrons. The number of piperidine rings is 1. The second kappa shape index (κ2) is 10.9. The van der Waals surface area contributed by atoms with E-state index in [0.717, 1.165) is 12.0 Å². The molecule has 0 unspecified atom stereocenters. The molecule has 2 amide bonds. The van der Waals surface area contributed by atoms with Gasteiger partial charge in [-0.05, 0) is 62.1 Å². The van der Waals surface area contributed by atoms with Crippen LogP contribution in [0.5, 0.6) is 0 Å². The van der Waals surface area contributed by atoms with Gasteiger partial charge in [-0.15, -0.1) is 0 Å². The Morgan fingerprint density at radius 3 is 2.33 bits per heavy atom. The van der Waals surface area contributed by atoms with Gasteiger partial charge in [0.05, 0.1) is 11.7 Å². The average Bonchev–Trinajstić information content (AvgIpc) is 2.77. The number of benzene rings is 2. The van der Waals surface area contributed by atoms with Gasteiger partial charge in [-0.2, -0.15) is 0 Å². The Kier molecular flexibility index (Phi) is 8.20. The first kappa shape index (κ1) is 24.9. The minimum atomic E-state index is -3.39. The van der Waals surface area contributed by atoms with E-state index in [1.54, 1.807) is 43.0 Å². The van der Waals surface area contributed by atoms with Crippen molar-refractivity contribution in [2.24, 2.45) is 5.92 Å². The predicted octanol–water partition coefficient (Wildman–Crippen LogP) is 2.82. The summed E-state index contributed by atoms with van der Waals surface area (Å²) in [4.78, 5) is 27.0. The van der Waals surface area contributed by atoms with E-state index in [9.17, 15) is 22.4 Å². The molecule has 9 heteroatoms. The summed E-state index contributed by atoms with van der Waals surface area (Å²) in [5.41, 5.74) is 1.93. The Balaban J connectivity index is 1.51. The highest BCUT2D eigenvalue weighted by Gasteiger charge is 2.28. The fraction of sp³-hybridized carbons (Fsp3) is 0.417. The topological polar surface area (TPSA) is 95.6 Å². The normalized spacial score (nSPS) is 16.6. The summed E-state index contributed by atoms with van der Waals surface area (Å²) in [6, 6.07) is 12.3. The molecular formula is C24H30FN3O4S. The van der Waals surface area contributed by atoms with E-state index in [1.165, 1.54) is 24.3 Å². The van der Waals surface area contributed by atoms with Crippen LogP contribution in [0, 0.1) is 11.7 Å². The summed E-state index contributed by atoms with van der Waals surface area (Å²) in [5.74, 6) is -1.14. The first-order valence-electron chi connectivity index (χ1n) is 11.0. The van der Waals surface area contributed by atoms with Crippen LogP contribution < -0.4 is 10.0 Å². The van der Waals surface area contributed by atoms with Crippen molar-refractivity contribution in [2.75, 3.05) is 13.1 Å². The lowest BCUT2D eigenvalue weighted by atomic mass is 9.96. The summed E-state index contributed by atoms with van der Waals surface area (Å²) in [5, 5.41) is 2.91. The van der Waals surface area contributed by atoms with Crippen molar-refractivity contribution >= 4 is 21.8 Å². The number of carbonyl (C=O) groups excluding carboxylic acids is 2. The molecule has 1 aliphatic rings. The van der Waals surface area contributed by atoms with E-state index in [2.05, 4.69) is 10.0 Å². The third-order valence-electron chi connectivity index (χ3n) is 5.43. The molecule has 1 atom stereocenters. The maximum absolute atomic E-state index is 13.1. The van der Waals surface area contributed by atoms with Crippen LogP contribution >= 0.6 is 0 Å². The number of rotatable bonds is 8. The highest BCUT2D eigenvalue weighted by Crippen LogP contribution is 2.19. The van der Waals surface area contributed by atoms with Gasteiger partial charge in [0.1, 0.15) is 5.82 Å². The highest BCUT2D eigenvalue weighted by molar-refractivity contribution is 7.88. The Hall–Kier alpha value is -2.78. The first-order valence-corrected chi connectivity index (χ1v) is 12.7. The number of carbonyl (C=O) groups is 2. The Morgan fingerprint density at radius 1 is 1.06 bits per heavy atom. The largest absolute Gasteiger partial charge is 0.352 e. The second-order valence-electron chi connectivity index (χ2n) is 8.66. The van der Waals surface area contributed by atoms with Gasteiger partial charge in [-0.3, -0.25) is 9.59 Å². The van der Waals surface area contributed by atoms with Crippen molar-refractivity contribution in [2.45, 2.75) is 45.0 Å². The smallest absolute Gasteiger partial charge is 0.253 e. The lowest BCUT2D eigenvalue weighted by Gasteiger charge is -2.32. The monoisotopic (exact) mass is 475 g/mol. The van der Waals surface area contributed by atoms with E-state index in [4.69, 9.17) is 0 Å². The molecule has 1 aliphatic heterocycles. The molecule has 3 rings (SSSR count). The van der Waals surface area contributed by atoms with Crippen LogP contribution in [0.2, 0.25) is 0 Å². The molecule has 178 valence electrons. The van der Waals surface area contributed by atoms with E-state index in [-0.39, 0.29) is 29.5 Å². The molecule has 1 saturated heterocycles. The van der Waals surface area contributed by atoms with Gasteiger partial charge < -0.3 is 10.2 Å². The SMILES string of the molecule is CC(C)NS(=O)(=O)Cc1ccc(CNC(=O)[C@@H]2CCCN(C(=O)c3ccc(F)cc3)C2)cc1. The molecule has 2 aromatic carbocycles. The summed E-state index contributed by atoms with van der Waals surface area (Å²) < 4.78 is 39.8. The number of sulfonamides is 1. The van der Waals surface area contributed by atoms with Crippen molar-refractivity contribution in [3.8, 4) is 0 Å². The second-order valence-corrected chi connectivity index (χ2v) is 10.4. The van der Waals surface area contributed by atoms with Gasteiger partial charge >= 0.3 is 0 Å². The molecule has 0 aromatic heterocycles. The molecule has 2 aromatic rings. The Bertz CT molecular complexity index is 1070. The standard InChI is InChI=1S/C24H30FN3O4S/c1-17(2)27-33(31,32)16-19-7-5-18(6-8-19)14-26-23(29)21-4-3-13-28(15-21)24(30)20-9-11-22(25)12-10-20/h5-12,17,21,27H,3-4,13-16H2,1-2H3,(H,26,29)/t21-/m1/s1. The molecule has 1 fully saturated rings. The third-order valence-corrected chi connectivity index (χ3v) is 6.98. The van der Waals surface area contributed by atoms with Crippen LogP contribution in [0.25, 0.3) is 0 Å². The lowest BCUT2D eigenvalue weighted by molar-refractivity contribution is -0.126. The maximum Gasteiger partial charge on any atom is 0.253 e. The van der Waals surface area contributed by atoms with E-state index >= 15 is 0 Å². The van der Waals surface area contributed by atoms with Crippen molar-refractivity contribution < 1.29 is 22.4 Å². The number of nitrogens with zero attached hydrogens (tertiary/aromatic N) is 1. The number of likely N-dealkylation sites (tertiary alicyclic amines) is 1. The van der Waals surface area contributed by atoms with Crippen molar-refractivity contribution in [3.05, 3.63) is 71.0 Å². The lowest BCUT2D eigenvalue weighted by Crippen LogP contribution is -2.45. The van der Waals surface area contributed by atoms with Gasteiger partial charge in [0.15, 0.2) is 0 Å². The van der Waals surface area contributed by atoms with Gasteiger partial charge in [0, 0.05) is 31.2 Å². The van der Waals surface area contributed by atoms with Gasteiger partial charge in [0.25, 0.3) is 5.91 Å². The van der Waals surface area contributed by atoms with Crippen LogP contribution in [0.3, 0.4) is 0 Å². The van der Waals surface area contributed by atoms with Crippen LogP contribution in [-0.4, -0.2) is 44.3 Å². The molecule has 7 nitrogen and oxygen atoms in total. The molecule has 0 spiro atoms. The fourth-order valence-electron chi connectivity index (χ4n) is 3.86. The van der Waals surface area contributed by atoms with Gasteiger partial charge in [-0.25, -0.2) is 17.5 Å². The zero-order valence-corrected chi connectivity index (χ0v) is 19.7. The fourth-order valence-corrected chi connectivity index (χ4v) is 5.29. The minimum Gasteiger partial charge on any atom is -0.352 e. The molecule has 1 heterocycles. The van der Waals surface area contributed by atoms with Gasteiger partial charge in [0.2, 0.25) is 15.9 Å². The average molecular weight is 476 g/mol.